The molecule has 0 radical (unpaired) electrons. The molecule has 0 unspecified atom stereocenters. The first kappa shape index (κ1) is 23.1. The van der Waals surface area contributed by atoms with E-state index in [1.165, 1.54) is 49.4 Å². The van der Waals surface area contributed by atoms with Gasteiger partial charge in [-0.2, -0.15) is 5.10 Å². The molecule has 1 aromatic heterocycles. The lowest BCUT2D eigenvalue weighted by atomic mass is 10.1. The summed E-state index contributed by atoms with van der Waals surface area (Å²) in [5.41, 5.74) is 0.412. The number of benzene rings is 2. The number of halogens is 2. The van der Waals surface area contributed by atoms with Gasteiger partial charge in [0.1, 0.15) is 10.8 Å². The molecule has 0 atom stereocenters. The third-order valence-electron chi connectivity index (χ3n) is 4.17. The Labute approximate surface area is 192 Å². The maximum atomic E-state index is 12.6. The smallest absolute Gasteiger partial charge is 0.337 e. The molecular weight excluding hydrogens is 461 g/mol. The summed E-state index contributed by atoms with van der Waals surface area (Å²) < 4.78 is 16.3. The molecule has 0 bridgehead atoms. The van der Waals surface area contributed by atoms with Gasteiger partial charge in [-0.1, -0.05) is 29.3 Å². The summed E-state index contributed by atoms with van der Waals surface area (Å²) in [5.74, 6) is -1.54. The second kappa shape index (κ2) is 10.2. The summed E-state index contributed by atoms with van der Waals surface area (Å²) in [4.78, 5) is 36.4. The molecule has 3 aromatic rings. The molecule has 0 fully saturated rings. The molecule has 0 aliphatic heterocycles. The van der Waals surface area contributed by atoms with Crippen molar-refractivity contribution in [1.82, 2.24) is 9.78 Å². The fraction of sp³-hybridized carbons (Fsp3) is 0.143. The summed E-state index contributed by atoms with van der Waals surface area (Å²) in [6.45, 7) is -0.0162. The number of aromatic nitrogens is 2. The fourth-order valence-corrected chi connectivity index (χ4v) is 3.00. The first-order chi connectivity index (χ1) is 15.3. The second-order valence-electron chi connectivity index (χ2n) is 6.30. The number of rotatable bonds is 7. The maximum Gasteiger partial charge on any atom is 0.337 e. The number of ether oxygens (including phenoxy) is 3. The number of hydrogen-bond acceptors (Lipinski definition) is 7. The van der Waals surface area contributed by atoms with E-state index >= 15 is 0 Å². The predicted octanol–water partition coefficient (Wildman–Crippen LogP) is 4.05. The molecule has 3 rings (SSSR count). The molecule has 1 amide bonds. The van der Waals surface area contributed by atoms with Crippen LogP contribution in [0.5, 0.6) is 5.75 Å². The number of amides is 1. The Morgan fingerprint density at radius 1 is 1.00 bits per heavy atom. The van der Waals surface area contributed by atoms with Crippen LogP contribution in [0.1, 0.15) is 31.2 Å². The summed E-state index contributed by atoms with van der Waals surface area (Å²) in [6, 6.07) is 10.5. The Morgan fingerprint density at radius 3 is 2.28 bits per heavy atom. The minimum atomic E-state index is -0.674. The zero-order valence-electron chi connectivity index (χ0n) is 16.9. The molecule has 166 valence electrons. The van der Waals surface area contributed by atoms with Crippen molar-refractivity contribution in [2.24, 2.45) is 0 Å². The SMILES string of the molecule is COC(=O)c1cc(NC(=O)c2ccn(COc3cccc(Cl)c3Cl)n2)cc(C(=O)OC)c1. The minimum absolute atomic E-state index is 0.0162. The number of nitrogens with zero attached hydrogens (tertiary/aromatic N) is 2. The van der Waals surface area contributed by atoms with Crippen molar-refractivity contribution >= 4 is 46.7 Å². The van der Waals surface area contributed by atoms with Crippen LogP contribution >= 0.6 is 23.2 Å². The maximum absolute atomic E-state index is 12.6. The number of carbonyl (C=O) groups excluding carboxylic acids is 3. The van der Waals surface area contributed by atoms with Crippen LogP contribution in [0.2, 0.25) is 10.0 Å². The lowest BCUT2D eigenvalue weighted by Crippen LogP contribution is -2.16. The molecule has 0 spiro atoms. The van der Waals surface area contributed by atoms with Crippen LogP contribution in [0.15, 0.2) is 48.7 Å². The van der Waals surface area contributed by atoms with Gasteiger partial charge >= 0.3 is 11.9 Å². The van der Waals surface area contributed by atoms with Crippen molar-refractivity contribution in [1.29, 1.82) is 0 Å². The number of carbonyl (C=O) groups is 3. The lowest BCUT2D eigenvalue weighted by molar-refractivity contribution is 0.0599. The monoisotopic (exact) mass is 477 g/mol. The molecule has 2 aromatic carbocycles. The average Bonchev–Trinajstić information content (AvgIpc) is 3.28. The van der Waals surface area contributed by atoms with Crippen molar-refractivity contribution in [3.63, 3.8) is 0 Å². The predicted molar refractivity (Wildman–Crippen MR) is 116 cm³/mol. The molecule has 9 nitrogen and oxygen atoms in total. The van der Waals surface area contributed by atoms with Crippen LogP contribution in [-0.4, -0.2) is 41.8 Å². The standard InChI is InChI=1S/C21H17Cl2N3O6/c1-30-20(28)12-8-13(21(29)31-2)10-14(9-12)24-19(27)16-6-7-26(25-16)11-32-17-5-3-4-15(22)18(17)23/h3-10H,11H2,1-2H3,(H,24,27). The van der Waals surface area contributed by atoms with Crippen LogP contribution in [0, 0.1) is 0 Å². The highest BCUT2D eigenvalue weighted by Crippen LogP contribution is 2.31. The lowest BCUT2D eigenvalue weighted by Gasteiger charge is -2.09. The van der Waals surface area contributed by atoms with Crippen LogP contribution in [0.4, 0.5) is 5.69 Å². The Balaban J connectivity index is 1.73. The van der Waals surface area contributed by atoms with E-state index in [0.29, 0.717) is 10.8 Å². The molecule has 1 heterocycles. The number of nitrogens with one attached hydrogen (secondary N) is 1. The van der Waals surface area contributed by atoms with Crippen molar-refractivity contribution in [3.05, 3.63) is 75.5 Å². The fourth-order valence-electron chi connectivity index (χ4n) is 2.65. The molecule has 0 saturated carbocycles. The molecule has 11 heteroatoms. The number of methoxy groups -OCH3 is 2. The molecule has 0 aliphatic carbocycles. The van der Waals surface area contributed by atoms with E-state index < -0.39 is 17.8 Å². The Kier molecular flexibility index (Phi) is 7.34. The molecule has 0 aliphatic rings. The third kappa shape index (κ3) is 5.37. The van der Waals surface area contributed by atoms with E-state index in [1.54, 1.807) is 18.2 Å². The Morgan fingerprint density at radius 2 is 1.66 bits per heavy atom. The van der Waals surface area contributed by atoms with E-state index in [9.17, 15) is 14.4 Å². The number of hydrogen-bond donors (Lipinski definition) is 1. The van der Waals surface area contributed by atoms with Crippen molar-refractivity contribution in [3.8, 4) is 5.75 Å². The van der Waals surface area contributed by atoms with E-state index in [-0.39, 0.29) is 34.3 Å². The topological polar surface area (TPSA) is 109 Å². The summed E-state index contributed by atoms with van der Waals surface area (Å²) in [6.07, 6.45) is 1.54. The van der Waals surface area contributed by atoms with E-state index in [2.05, 4.69) is 19.9 Å². The van der Waals surface area contributed by atoms with Gasteiger partial charge in [0.05, 0.1) is 30.4 Å². The van der Waals surface area contributed by atoms with Crippen LogP contribution < -0.4 is 10.1 Å². The summed E-state index contributed by atoms with van der Waals surface area (Å²) >= 11 is 12.0. The van der Waals surface area contributed by atoms with Gasteiger partial charge < -0.3 is 19.5 Å². The molecule has 1 N–H and O–H groups in total. The van der Waals surface area contributed by atoms with E-state index in [1.807, 2.05) is 0 Å². The van der Waals surface area contributed by atoms with Crippen molar-refractivity contribution in [2.45, 2.75) is 6.73 Å². The van der Waals surface area contributed by atoms with Gasteiger partial charge in [-0.15, -0.1) is 0 Å². The molecule has 0 saturated heterocycles. The summed E-state index contributed by atoms with van der Waals surface area (Å²) in [5, 5.41) is 7.35. The van der Waals surface area contributed by atoms with Gasteiger partial charge in [-0.3, -0.25) is 4.79 Å². The molecular formula is C21H17Cl2N3O6. The largest absolute Gasteiger partial charge is 0.470 e. The normalized spacial score (nSPS) is 10.4. The first-order valence-corrected chi connectivity index (χ1v) is 9.81. The molecule has 32 heavy (non-hydrogen) atoms. The van der Waals surface area contributed by atoms with Gasteiger partial charge in [0.15, 0.2) is 12.4 Å². The first-order valence-electron chi connectivity index (χ1n) is 9.05. The quantitative estimate of drug-likeness (QED) is 0.511. The van der Waals surface area contributed by atoms with Crippen LogP contribution in [0.3, 0.4) is 0 Å². The van der Waals surface area contributed by atoms with Gasteiger partial charge in [0, 0.05) is 11.9 Å². The number of anilines is 1. The Bertz CT molecular complexity index is 1140. The minimum Gasteiger partial charge on any atom is -0.470 e. The van der Waals surface area contributed by atoms with Crippen LogP contribution in [0.25, 0.3) is 0 Å². The van der Waals surface area contributed by atoms with Gasteiger partial charge in [0.25, 0.3) is 5.91 Å². The Hall–Kier alpha value is -3.56. The average molecular weight is 478 g/mol. The van der Waals surface area contributed by atoms with Gasteiger partial charge in [-0.05, 0) is 36.4 Å². The van der Waals surface area contributed by atoms with Crippen molar-refractivity contribution in [2.75, 3.05) is 19.5 Å². The zero-order valence-corrected chi connectivity index (χ0v) is 18.4. The third-order valence-corrected chi connectivity index (χ3v) is 4.98. The summed E-state index contributed by atoms with van der Waals surface area (Å²) in [7, 11) is 2.41. The zero-order chi connectivity index (χ0) is 23.3. The van der Waals surface area contributed by atoms with E-state index in [0.717, 1.165) is 0 Å². The number of esters is 2. The van der Waals surface area contributed by atoms with Gasteiger partial charge in [-0.25, -0.2) is 14.3 Å². The highest BCUT2D eigenvalue weighted by molar-refractivity contribution is 6.42. The highest BCUT2D eigenvalue weighted by atomic mass is 35.5. The highest BCUT2D eigenvalue weighted by Gasteiger charge is 2.17. The van der Waals surface area contributed by atoms with Crippen molar-refractivity contribution < 1.29 is 28.6 Å². The second-order valence-corrected chi connectivity index (χ2v) is 7.09. The van der Waals surface area contributed by atoms with Crippen LogP contribution in [-0.2, 0) is 16.2 Å². The van der Waals surface area contributed by atoms with E-state index in [4.69, 9.17) is 27.9 Å². The van der Waals surface area contributed by atoms with Gasteiger partial charge in [0.2, 0.25) is 0 Å².